The predicted molar refractivity (Wildman–Crippen MR) is 557 cm³/mol. The van der Waals surface area contributed by atoms with Gasteiger partial charge in [-0.3, -0.25) is 47.4 Å². The van der Waals surface area contributed by atoms with Crippen molar-refractivity contribution >= 4 is 84.4 Å². The second-order valence-electron chi connectivity index (χ2n) is 43.6. The molecule has 5 aliphatic heterocycles. The van der Waals surface area contributed by atoms with E-state index in [1.165, 1.54) is 67.4 Å². The van der Waals surface area contributed by atoms with Crippen molar-refractivity contribution in [2.45, 2.75) is 208 Å². The van der Waals surface area contributed by atoms with Gasteiger partial charge in [0.25, 0.3) is 0 Å². The zero-order valence-electron chi connectivity index (χ0n) is 86.1. The van der Waals surface area contributed by atoms with Gasteiger partial charge in [0.05, 0.1) is 145 Å². The fourth-order valence-corrected chi connectivity index (χ4v) is 24.9. The van der Waals surface area contributed by atoms with Crippen LogP contribution in [-0.2, 0) is 20.8 Å². The Labute approximate surface area is 858 Å². The molecule has 0 amide bonds. The number of rotatable bonds is 22. The highest BCUT2D eigenvalue weighted by atomic mass is 19.1. The summed E-state index contributed by atoms with van der Waals surface area (Å²) in [5.41, 5.74) is 6.59. The van der Waals surface area contributed by atoms with Gasteiger partial charge < -0.3 is 81.5 Å². The average molecular weight is 2050 g/mol. The summed E-state index contributed by atoms with van der Waals surface area (Å²) in [4.78, 5) is 121. The molecule has 24 rings (SSSR count). The minimum atomic E-state index is -1.24. The van der Waals surface area contributed by atoms with Crippen LogP contribution in [0.1, 0.15) is 253 Å². The number of hydrogen-bond acceptors (Lipinski definition) is 22. The van der Waals surface area contributed by atoms with Gasteiger partial charge >= 0.3 is 29.8 Å². The molecule has 5 N–H and O–H groups in total. The molecule has 0 spiro atoms. The first-order chi connectivity index (χ1) is 71.6. The van der Waals surface area contributed by atoms with E-state index in [9.17, 15) is 77.9 Å². The van der Waals surface area contributed by atoms with Crippen LogP contribution in [0.3, 0.4) is 0 Å². The zero-order chi connectivity index (χ0) is 106. The number of methoxy groups -OCH3 is 4. The zero-order valence-corrected chi connectivity index (χ0v) is 86.1. The lowest BCUT2D eigenvalue weighted by atomic mass is 9.80. The Hall–Kier alpha value is -15.4. The normalized spacial score (nSPS) is 20.1. The van der Waals surface area contributed by atoms with Crippen molar-refractivity contribution in [3.63, 3.8) is 0 Å². The lowest BCUT2D eigenvalue weighted by Gasteiger charge is -2.40. The maximum Gasteiger partial charge on any atom is 0.341 e. The summed E-state index contributed by atoms with van der Waals surface area (Å²) in [5.74, 6) is -3.72. The van der Waals surface area contributed by atoms with Gasteiger partial charge in [-0.25, -0.2) is 28.4 Å². The van der Waals surface area contributed by atoms with Crippen molar-refractivity contribution in [3.8, 4) is 79.9 Å². The van der Waals surface area contributed by atoms with Gasteiger partial charge in [0.2, 0.25) is 0 Å². The maximum atomic E-state index is 14.4. The highest BCUT2D eigenvalue weighted by molar-refractivity contribution is 6.02. The lowest BCUT2D eigenvalue weighted by molar-refractivity contribution is 0.0682. The van der Waals surface area contributed by atoms with Crippen LogP contribution in [0.5, 0.6) is 23.0 Å². The van der Waals surface area contributed by atoms with E-state index in [4.69, 9.17) is 53.6 Å². The first-order valence-electron chi connectivity index (χ1n) is 50.7. The molecule has 38 heteroatoms. The fourth-order valence-electron chi connectivity index (χ4n) is 24.9. The molecule has 9 aliphatic rings. The highest BCUT2D eigenvalue weighted by Crippen LogP contribution is 2.62. The Kier molecular flexibility index (Phi) is 26.2. The number of pyridine rings is 5. The van der Waals surface area contributed by atoms with Gasteiger partial charge in [-0.05, 0) is 115 Å². The Morgan fingerprint density at radius 2 is 0.633 bits per heavy atom. The summed E-state index contributed by atoms with van der Waals surface area (Å²) >= 11 is 0. The Morgan fingerprint density at radius 3 is 0.947 bits per heavy atom. The van der Waals surface area contributed by atoms with Crippen LogP contribution in [0.4, 0.5) is 4.39 Å². The van der Waals surface area contributed by atoms with Gasteiger partial charge in [0, 0.05) is 136 Å². The quantitative estimate of drug-likeness (QED) is 0.0393. The second kappa shape index (κ2) is 38.6. The predicted octanol–water partition coefficient (Wildman–Crippen LogP) is 18.5. The molecule has 10 aromatic heterocycles. The molecule has 9 unspecified atom stereocenters. The van der Waals surface area contributed by atoms with Crippen LogP contribution < -0.4 is 46.1 Å². The molecule has 0 bridgehead atoms. The molecule has 150 heavy (non-hydrogen) atoms. The lowest BCUT2D eigenvalue weighted by Crippen LogP contribution is -2.36. The molecule has 37 nitrogen and oxygen atoms in total. The minimum absolute atomic E-state index is 0.000807. The number of ether oxygens (including phenoxy) is 7. The Morgan fingerprint density at radius 1 is 0.360 bits per heavy atom. The number of aromatic nitrogens is 15. The van der Waals surface area contributed by atoms with Gasteiger partial charge in [0.15, 0.2) is 33.0 Å². The van der Waals surface area contributed by atoms with Crippen LogP contribution >= 0.6 is 0 Å². The van der Waals surface area contributed by atoms with Crippen molar-refractivity contribution in [3.05, 3.63) is 237 Å². The number of aromatic carboxylic acids is 5. The van der Waals surface area contributed by atoms with Crippen LogP contribution in [0, 0.1) is 32.9 Å². The van der Waals surface area contributed by atoms with E-state index in [0.717, 1.165) is 137 Å². The van der Waals surface area contributed by atoms with Gasteiger partial charge in [-0.2, -0.15) is 25.5 Å². The van der Waals surface area contributed by atoms with E-state index < -0.39 is 62.8 Å². The third kappa shape index (κ3) is 17.1. The molecule has 4 fully saturated rings. The largest absolute Gasteiger partial charge is 0.494 e. The SMILES string of the molecule is CC1(C)CCC2C1n1cc(C(=O)O)c(=O)cc1-c1c3cccc(F)c3nn12.CCC(C)(C)C1Cn2nc3c(OCCCOC)cccc3c2-c2cc(=O)c(C(=O)O)cn21.COCCCOc1cccc2c3n(nc12)C1CCC(C)(C)C1n1cc(C(=O)O)c(=O)cc1-3.COCCOc1cccc2c3n(nc12)C1CCC(C)(C)C1n1cc(C(=O)O)c(=O)cc1-3.COc1cccc2c3n(nc12)C1CCC(C)(C)C1n1cc(C(=O)O)c(=O)cc1-3. The van der Waals surface area contributed by atoms with E-state index in [1.807, 2.05) is 119 Å². The number of hydrogen-bond donors (Lipinski definition) is 5. The first-order valence-corrected chi connectivity index (χ1v) is 50.7. The van der Waals surface area contributed by atoms with Crippen molar-refractivity contribution in [1.82, 2.24) is 71.7 Å². The third-order valence-electron chi connectivity index (χ3n) is 32.5. The number of carboxylic acid groups (broad SMARTS) is 5. The average Bonchev–Trinajstić information content (AvgIpc) is 1.54. The van der Waals surface area contributed by atoms with E-state index >= 15 is 0 Å². The molecule has 0 radical (unpaired) electrons. The summed E-state index contributed by atoms with van der Waals surface area (Å²) < 4.78 is 72.8. The standard InChI is InChI=1S/C24H27N3O5.C24H29N3O5.C23H25N3O5.C21H21N3O4.C20H18FN3O3/c1-24(2)9-8-16-22(24)26-13-15(23(29)30)18(28)12-17(26)21-14-6-4-7-19(20(14)25-27(16)21)32-11-5-10-31-3;1-5-24(2,3)20-14-27-22(17-12-18(28)16(23(29)30)13-26(17)20)15-8-6-9-19(21(15)25-27)32-11-7-10-31-4;1-23(2)8-7-15-21(23)25-12-14(22(28)29)17(27)11-16(25)20-13-5-4-6-18(31-10-9-30-3)19(13)24-26(15)20;1-21(2)8-7-13-19(21)23-10-12(20(26)27)15(25)9-14(23)18-11-5-4-6-16(28-3)17(11)22-24(13)18;1-20(2)7-6-13-18(20)23-9-11(19(26)27)15(25)8-14(23)17-10-4-3-5-12(21)16(10)22-24(13)17/h4,6-7,12-13,16,22H,5,8-11H2,1-3H3,(H,29,30);6,8-9,12-13,20H,5,7,10-11,14H2,1-4H3,(H,29,30);4-6,11-12,15,21H,7-10H2,1-3H3,(H,28,29);4-6,9-10,13,19H,7-8H2,1-3H3,(H,26,27);3-5,8-9,13,18H,6-7H2,1-2H3,(H,26,27). The molecule has 9 atom stereocenters. The van der Waals surface area contributed by atoms with Crippen LogP contribution in [-0.4, -0.2) is 195 Å². The molecule has 4 aliphatic carbocycles. The van der Waals surface area contributed by atoms with Crippen LogP contribution in [0.2, 0.25) is 0 Å². The number of fused-ring (bicyclic) bond motifs is 37. The smallest absolute Gasteiger partial charge is 0.341 e. The number of carboxylic acids is 5. The second-order valence-corrected chi connectivity index (χ2v) is 43.6. The fraction of sp³-hybridized carbons (Fsp3) is 0.420. The molecular weight excluding hydrogens is 1930 g/mol. The summed E-state index contributed by atoms with van der Waals surface area (Å²) in [6, 6.07) is 35.1. The number of nitrogens with zero attached hydrogens (tertiary/aromatic N) is 15. The molecule has 5 aromatic carbocycles. The summed E-state index contributed by atoms with van der Waals surface area (Å²) in [6.45, 7) is 27.5. The summed E-state index contributed by atoms with van der Waals surface area (Å²) in [6.07, 6.45) is 17.5. The van der Waals surface area contributed by atoms with E-state index in [1.54, 1.807) is 40.6 Å². The summed E-state index contributed by atoms with van der Waals surface area (Å²) in [5, 5.41) is 76.0. The molecule has 15 aromatic rings. The molecule has 4 saturated carbocycles. The van der Waals surface area contributed by atoms with E-state index in [-0.39, 0.29) is 115 Å². The summed E-state index contributed by atoms with van der Waals surface area (Å²) in [7, 11) is 6.57. The monoisotopic (exact) mass is 2050 g/mol. The van der Waals surface area contributed by atoms with Gasteiger partial charge in [-0.1, -0.05) is 137 Å². The van der Waals surface area contributed by atoms with E-state index in [0.29, 0.717) is 109 Å². The van der Waals surface area contributed by atoms with Crippen molar-refractivity contribution in [2.75, 3.05) is 68.1 Å². The van der Waals surface area contributed by atoms with Crippen molar-refractivity contribution < 1.29 is 87.1 Å². The van der Waals surface area contributed by atoms with Gasteiger partial charge in [0.1, 0.15) is 85.0 Å². The van der Waals surface area contributed by atoms with Crippen LogP contribution in [0.15, 0.2) is 176 Å². The molecule has 15 heterocycles. The van der Waals surface area contributed by atoms with E-state index in [2.05, 4.69) is 81.3 Å². The maximum absolute atomic E-state index is 14.4. The number of carbonyl (C=O) groups is 5. The van der Waals surface area contributed by atoms with Crippen molar-refractivity contribution in [2.24, 2.45) is 27.1 Å². The number of halogens is 1. The Balaban J connectivity index is 0.000000113. The molecule has 0 saturated heterocycles. The van der Waals surface area contributed by atoms with Gasteiger partial charge in [-0.15, -0.1) is 0 Å². The third-order valence-corrected chi connectivity index (χ3v) is 32.5. The highest BCUT2D eigenvalue weighted by Gasteiger charge is 2.54. The Bertz CT molecular complexity index is 8380. The minimum Gasteiger partial charge on any atom is -0.494 e. The molecular formula is C112H120FN15O22. The topological polar surface area (TPSA) is 450 Å². The van der Waals surface area contributed by atoms with Crippen LogP contribution in [0.25, 0.3) is 111 Å². The van der Waals surface area contributed by atoms with Crippen molar-refractivity contribution in [1.29, 1.82) is 0 Å². The molecule has 782 valence electrons. The number of benzene rings is 5. The first kappa shape index (κ1) is 102.